The summed E-state index contributed by atoms with van der Waals surface area (Å²) in [6, 6.07) is 13.9. The van der Waals surface area contributed by atoms with Crippen molar-refractivity contribution in [1.82, 2.24) is 9.97 Å². The first-order valence-corrected chi connectivity index (χ1v) is 8.81. The van der Waals surface area contributed by atoms with Crippen LogP contribution in [0.15, 0.2) is 59.9 Å². The molecule has 1 heterocycles. The third-order valence-electron chi connectivity index (χ3n) is 3.48. The minimum Gasteiger partial charge on any atom is -0.333 e. The number of carbonyl (C=O) groups excluding carboxylic acids is 1. The fourth-order valence-corrected chi connectivity index (χ4v) is 3.12. The van der Waals surface area contributed by atoms with Gasteiger partial charge in [0.1, 0.15) is 5.82 Å². The van der Waals surface area contributed by atoms with Crippen LogP contribution in [0.4, 0.5) is 10.1 Å². The third-order valence-corrected chi connectivity index (χ3v) is 4.72. The molecule has 0 saturated heterocycles. The molecule has 0 aliphatic carbocycles. The number of halogens is 2. The molecule has 25 heavy (non-hydrogen) atoms. The van der Waals surface area contributed by atoms with E-state index in [1.54, 1.807) is 13.1 Å². The lowest BCUT2D eigenvalue weighted by Crippen LogP contribution is -2.23. The molecule has 128 valence electrons. The highest BCUT2D eigenvalue weighted by Crippen LogP contribution is 2.26. The molecule has 0 bridgehead atoms. The van der Waals surface area contributed by atoms with Crippen LogP contribution in [0, 0.1) is 5.82 Å². The van der Waals surface area contributed by atoms with E-state index in [2.05, 4.69) is 15.3 Å². The second-order valence-corrected chi connectivity index (χ2v) is 7.11. The van der Waals surface area contributed by atoms with Crippen molar-refractivity contribution < 1.29 is 9.18 Å². The summed E-state index contributed by atoms with van der Waals surface area (Å²) in [5.41, 5.74) is 1.99. The van der Waals surface area contributed by atoms with E-state index in [0.29, 0.717) is 5.16 Å². The van der Waals surface area contributed by atoms with Gasteiger partial charge in [-0.2, -0.15) is 0 Å². The summed E-state index contributed by atoms with van der Waals surface area (Å²) in [6.45, 7) is 1.73. The summed E-state index contributed by atoms with van der Waals surface area (Å²) in [4.78, 5) is 19.7. The maximum Gasteiger partial charge on any atom is 0.237 e. The molecule has 1 unspecified atom stereocenters. The van der Waals surface area contributed by atoms with E-state index in [1.165, 1.54) is 23.9 Å². The Kier molecular flexibility index (Phi) is 5.40. The lowest BCUT2D eigenvalue weighted by Gasteiger charge is -2.11. The Bertz CT molecular complexity index is 885. The van der Waals surface area contributed by atoms with Gasteiger partial charge in [-0.3, -0.25) is 4.79 Å². The molecule has 2 N–H and O–H groups in total. The predicted octanol–water partition coefficient (Wildman–Crippen LogP) is 4.99. The predicted molar refractivity (Wildman–Crippen MR) is 99.4 cm³/mol. The molecule has 1 amide bonds. The lowest BCUT2D eigenvalue weighted by molar-refractivity contribution is -0.115. The van der Waals surface area contributed by atoms with Crippen LogP contribution in [0.25, 0.3) is 11.3 Å². The quantitative estimate of drug-likeness (QED) is 0.618. The number of hydrogen-bond acceptors (Lipinski definition) is 3. The van der Waals surface area contributed by atoms with E-state index >= 15 is 0 Å². The highest BCUT2D eigenvalue weighted by molar-refractivity contribution is 8.00. The lowest BCUT2D eigenvalue weighted by atomic mass is 10.2. The average Bonchev–Trinajstić information content (AvgIpc) is 3.06. The van der Waals surface area contributed by atoms with Crippen molar-refractivity contribution in [3.63, 3.8) is 0 Å². The summed E-state index contributed by atoms with van der Waals surface area (Å²) in [5.74, 6) is -0.883. The normalized spacial score (nSPS) is 12.0. The van der Waals surface area contributed by atoms with Gasteiger partial charge >= 0.3 is 0 Å². The molecule has 7 heteroatoms. The number of imidazole rings is 1. The van der Waals surface area contributed by atoms with Crippen molar-refractivity contribution in [2.45, 2.75) is 17.3 Å². The van der Waals surface area contributed by atoms with E-state index in [1.807, 2.05) is 30.3 Å². The van der Waals surface area contributed by atoms with Crippen molar-refractivity contribution >= 4 is 35.0 Å². The zero-order valence-electron chi connectivity index (χ0n) is 13.3. The number of aromatic nitrogens is 2. The molecular weight excluding hydrogens is 361 g/mol. The zero-order chi connectivity index (χ0) is 17.8. The Morgan fingerprint density at radius 3 is 2.76 bits per heavy atom. The molecule has 0 spiro atoms. The summed E-state index contributed by atoms with van der Waals surface area (Å²) in [5, 5.41) is 3.01. The number of amides is 1. The Labute approximate surface area is 153 Å². The van der Waals surface area contributed by atoms with Gasteiger partial charge in [0, 0.05) is 5.02 Å². The topological polar surface area (TPSA) is 57.8 Å². The summed E-state index contributed by atoms with van der Waals surface area (Å²) < 4.78 is 13.8. The van der Waals surface area contributed by atoms with E-state index < -0.39 is 11.1 Å². The first-order chi connectivity index (χ1) is 12.0. The van der Waals surface area contributed by atoms with Crippen LogP contribution in [-0.2, 0) is 4.79 Å². The van der Waals surface area contributed by atoms with Gasteiger partial charge in [-0.25, -0.2) is 9.37 Å². The number of nitrogens with one attached hydrogen (secondary N) is 2. The molecule has 2 aromatic carbocycles. The standard InChI is InChI=1S/C18H15ClFN3OS/c1-11(17(24)22-15-8-7-13(19)9-14(15)20)25-18-21-10-16(23-18)12-5-3-2-4-6-12/h2-11H,1H3,(H,21,23)(H,22,24). The minimum absolute atomic E-state index is 0.103. The number of thioether (sulfide) groups is 1. The Morgan fingerprint density at radius 1 is 1.28 bits per heavy atom. The van der Waals surface area contributed by atoms with Crippen LogP contribution in [0.5, 0.6) is 0 Å². The number of carbonyl (C=O) groups is 1. The maximum atomic E-state index is 13.8. The summed E-state index contributed by atoms with van der Waals surface area (Å²) in [7, 11) is 0. The highest BCUT2D eigenvalue weighted by Gasteiger charge is 2.18. The molecule has 3 rings (SSSR count). The van der Waals surface area contributed by atoms with Crippen LogP contribution in [0.3, 0.4) is 0 Å². The number of benzene rings is 2. The van der Waals surface area contributed by atoms with Gasteiger partial charge < -0.3 is 10.3 Å². The SMILES string of the molecule is CC(Sc1ncc(-c2ccccc2)[nH]1)C(=O)Nc1ccc(Cl)cc1F. The largest absolute Gasteiger partial charge is 0.333 e. The van der Waals surface area contributed by atoms with Crippen LogP contribution in [0.2, 0.25) is 5.02 Å². The number of anilines is 1. The Balaban J connectivity index is 1.65. The summed E-state index contributed by atoms with van der Waals surface area (Å²) >= 11 is 6.98. The Morgan fingerprint density at radius 2 is 2.04 bits per heavy atom. The second kappa shape index (κ2) is 7.72. The van der Waals surface area contributed by atoms with Crippen molar-refractivity contribution in [3.05, 3.63) is 65.6 Å². The monoisotopic (exact) mass is 375 g/mol. The number of nitrogens with zero attached hydrogens (tertiary/aromatic N) is 1. The van der Waals surface area contributed by atoms with E-state index in [0.717, 1.165) is 17.3 Å². The number of H-pyrrole nitrogens is 1. The van der Waals surface area contributed by atoms with Gasteiger partial charge in [0.2, 0.25) is 5.91 Å². The molecular formula is C18H15ClFN3OS. The number of aromatic amines is 1. The Hall–Kier alpha value is -2.31. The third kappa shape index (κ3) is 4.41. The van der Waals surface area contributed by atoms with Crippen LogP contribution in [-0.4, -0.2) is 21.1 Å². The fraction of sp³-hybridized carbons (Fsp3) is 0.111. The molecule has 1 aromatic heterocycles. The second-order valence-electron chi connectivity index (χ2n) is 5.34. The summed E-state index contributed by atoms with van der Waals surface area (Å²) in [6.07, 6.45) is 1.72. The molecule has 0 aliphatic rings. The molecule has 3 aromatic rings. The molecule has 0 aliphatic heterocycles. The fourth-order valence-electron chi connectivity index (χ4n) is 2.17. The molecule has 0 radical (unpaired) electrons. The average molecular weight is 376 g/mol. The first-order valence-electron chi connectivity index (χ1n) is 7.56. The van der Waals surface area contributed by atoms with E-state index in [-0.39, 0.29) is 16.6 Å². The van der Waals surface area contributed by atoms with Crippen LogP contribution < -0.4 is 5.32 Å². The smallest absolute Gasteiger partial charge is 0.237 e. The van der Waals surface area contributed by atoms with Crippen LogP contribution >= 0.6 is 23.4 Å². The van der Waals surface area contributed by atoms with Gasteiger partial charge in [-0.15, -0.1) is 0 Å². The van der Waals surface area contributed by atoms with Crippen molar-refractivity contribution in [2.24, 2.45) is 0 Å². The first kappa shape index (κ1) is 17.5. The van der Waals surface area contributed by atoms with Crippen LogP contribution in [0.1, 0.15) is 6.92 Å². The van der Waals surface area contributed by atoms with E-state index in [4.69, 9.17) is 11.6 Å². The number of rotatable bonds is 5. The van der Waals surface area contributed by atoms with E-state index in [9.17, 15) is 9.18 Å². The molecule has 4 nitrogen and oxygen atoms in total. The minimum atomic E-state index is -0.567. The van der Waals surface area contributed by atoms with Crippen molar-refractivity contribution in [2.75, 3.05) is 5.32 Å². The number of hydrogen-bond donors (Lipinski definition) is 2. The molecule has 1 atom stereocenters. The maximum absolute atomic E-state index is 13.8. The van der Waals surface area contributed by atoms with Gasteiger partial charge in [-0.1, -0.05) is 53.7 Å². The van der Waals surface area contributed by atoms with Gasteiger partial charge in [0.25, 0.3) is 0 Å². The van der Waals surface area contributed by atoms with Gasteiger partial charge in [-0.05, 0) is 30.7 Å². The zero-order valence-corrected chi connectivity index (χ0v) is 14.9. The van der Waals surface area contributed by atoms with Gasteiger partial charge in [0.05, 0.1) is 22.8 Å². The van der Waals surface area contributed by atoms with Gasteiger partial charge in [0.15, 0.2) is 5.16 Å². The molecule has 0 saturated carbocycles. The van der Waals surface area contributed by atoms with Crippen molar-refractivity contribution in [1.29, 1.82) is 0 Å². The highest BCUT2D eigenvalue weighted by atomic mass is 35.5. The molecule has 0 fully saturated rings. The van der Waals surface area contributed by atoms with Crippen molar-refractivity contribution in [3.8, 4) is 11.3 Å².